The summed E-state index contributed by atoms with van der Waals surface area (Å²) in [5, 5.41) is 8.12. The van der Waals surface area contributed by atoms with Gasteiger partial charge in [-0.3, -0.25) is 4.99 Å². The number of benzene rings is 1. The number of rotatable bonds is 3. The molecule has 2 saturated heterocycles. The molecule has 164 valence electrons. The maximum Gasteiger partial charge on any atom is 0.130 e. The van der Waals surface area contributed by atoms with Crippen molar-refractivity contribution in [2.45, 2.75) is 24.9 Å². The van der Waals surface area contributed by atoms with Crippen molar-refractivity contribution in [1.29, 1.82) is 0 Å². The van der Waals surface area contributed by atoms with E-state index >= 15 is 0 Å². The lowest BCUT2D eigenvalue weighted by atomic mass is 9.84. The normalized spacial score (nSPS) is 21.8. The number of likely N-dealkylation sites (N-methyl/N-ethyl adjacent to an activating group) is 1. The average molecular weight is 441 g/mol. The number of anilines is 3. The molecule has 0 saturated carbocycles. The monoisotopic (exact) mass is 440 g/mol. The van der Waals surface area contributed by atoms with Crippen LogP contribution in [0, 0.1) is 0 Å². The standard InChI is InChI=1S/C23H29ClN6O/c1-29-20-16-26-21(30-9-11-31-12-10-30)14-19(20)28-23(5-7-25-8-6-23)22(29)27-15-17-3-2-4-18(24)13-17/h2-4,13-14,16,25,28H,5-12,15H2,1H3/b27-22+. The van der Waals surface area contributed by atoms with Crippen LogP contribution >= 0.6 is 11.6 Å². The number of aromatic nitrogens is 1. The molecule has 1 spiro atoms. The topological polar surface area (TPSA) is 65.0 Å². The van der Waals surface area contributed by atoms with Crippen LogP contribution in [0.1, 0.15) is 18.4 Å². The third-order valence-electron chi connectivity index (χ3n) is 6.44. The summed E-state index contributed by atoms with van der Waals surface area (Å²) in [6.07, 6.45) is 3.94. The van der Waals surface area contributed by atoms with Gasteiger partial charge in [-0.15, -0.1) is 0 Å². The van der Waals surface area contributed by atoms with Gasteiger partial charge in [-0.2, -0.15) is 0 Å². The summed E-state index contributed by atoms with van der Waals surface area (Å²) in [5.74, 6) is 2.08. The molecule has 0 atom stereocenters. The first kappa shape index (κ1) is 20.5. The van der Waals surface area contributed by atoms with E-state index in [-0.39, 0.29) is 5.54 Å². The molecule has 4 heterocycles. The van der Waals surface area contributed by atoms with Gasteiger partial charge in [0.25, 0.3) is 0 Å². The van der Waals surface area contributed by atoms with Gasteiger partial charge in [0.05, 0.1) is 42.9 Å². The summed E-state index contributed by atoms with van der Waals surface area (Å²) in [6, 6.07) is 10.1. The molecule has 31 heavy (non-hydrogen) atoms. The Labute approximate surface area is 188 Å². The Kier molecular flexibility index (Phi) is 5.73. The first-order chi connectivity index (χ1) is 15.1. The van der Waals surface area contributed by atoms with Gasteiger partial charge in [0.2, 0.25) is 0 Å². The summed E-state index contributed by atoms with van der Waals surface area (Å²) in [7, 11) is 2.11. The van der Waals surface area contributed by atoms with Gasteiger partial charge < -0.3 is 25.2 Å². The van der Waals surface area contributed by atoms with Gasteiger partial charge in [0, 0.05) is 31.2 Å². The van der Waals surface area contributed by atoms with Crippen LogP contribution in [0.3, 0.4) is 0 Å². The molecule has 3 aliphatic heterocycles. The Bertz CT molecular complexity index is 968. The van der Waals surface area contributed by atoms with Crippen LogP contribution in [0.15, 0.2) is 41.5 Å². The van der Waals surface area contributed by atoms with E-state index in [9.17, 15) is 0 Å². The van der Waals surface area contributed by atoms with Crippen LogP contribution in [0.4, 0.5) is 17.2 Å². The molecule has 0 bridgehead atoms. The van der Waals surface area contributed by atoms with Crippen LogP contribution in [0.5, 0.6) is 0 Å². The molecule has 5 rings (SSSR count). The van der Waals surface area contributed by atoms with Gasteiger partial charge in [0.15, 0.2) is 0 Å². The minimum Gasteiger partial charge on any atom is -0.378 e. The number of piperidine rings is 1. The fraction of sp³-hybridized carbons (Fsp3) is 0.478. The number of fused-ring (bicyclic) bond motifs is 1. The molecule has 1 aromatic heterocycles. The van der Waals surface area contributed by atoms with Crippen molar-refractivity contribution in [2.75, 3.05) is 61.6 Å². The van der Waals surface area contributed by atoms with Gasteiger partial charge in [-0.1, -0.05) is 23.7 Å². The van der Waals surface area contributed by atoms with Crippen molar-refractivity contribution < 1.29 is 4.74 Å². The zero-order chi connectivity index (χ0) is 21.3. The highest BCUT2D eigenvalue weighted by molar-refractivity contribution is 6.30. The number of halogens is 1. The molecule has 2 fully saturated rings. The Morgan fingerprint density at radius 1 is 1.19 bits per heavy atom. The number of nitrogens with zero attached hydrogens (tertiary/aromatic N) is 4. The number of nitrogens with one attached hydrogen (secondary N) is 2. The van der Waals surface area contributed by atoms with Gasteiger partial charge >= 0.3 is 0 Å². The minimum absolute atomic E-state index is 0.185. The van der Waals surface area contributed by atoms with Crippen molar-refractivity contribution >= 4 is 34.6 Å². The van der Waals surface area contributed by atoms with E-state index in [2.05, 4.69) is 39.6 Å². The summed E-state index contributed by atoms with van der Waals surface area (Å²) in [6.45, 7) is 5.79. The summed E-state index contributed by atoms with van der Waals surface area (Å²) >= 11 is 6.18. The zero-order valence-electron chi connectivity index (χ0n) is 17.9. The molecule has 8 heteroatoms. The molecule has 0 amide bonds. The number of hydrogen-bond donors (Lipinski definition) is 2. The second-order valence-electron chi connectivity index (χ2n) is 8.44. The van der Waals surface area contributed by atoms with E-state index < -0.39 is 0 Å². The molecular weight excluding hydrogens is 412 g/mol. The Hall–Kier alpha value is -2.35. The van der Waals surface area contributed by atoms with Gasteiger partial charge in [0.1, 0.15) is 11.7 Å². The van der Waals surface area contributed by atoms with E-state index in [4.69, 9.17) is 26.3 Å². The maximum absolute atomic E-state index is 6.18. The summed E-state index contributed by atoms with van der Waals surface area (Å²) in [5.41, 5.74) is 3.12. The first-order valence-electron chi connectivity index (χ1n) is 11.0. The fourth-order valence-electron chi connectivity index (χ4n) is 4.78. The second-order valence-corrected chi connectivity index (χ2v) is 8.88. The minimum atomic E-state index is -0.185. The van der Waals surface area contributed by atoms with E-state index in [0.29, 0.717) is 6.54 Å². The van der Waals surface area contributed by atoms with Crippen LogP contribution in [-0.4, -0.2) is 62.8 Å². The molecule has 3 aliphatic rings. The van der Waals surface area contributed by atoms with Gasteiger partial charge in [-0.25, -0.2) is 4.98 Å². The number of morpholine rings is 1. The maximum atomic E-state index is 6.18. The number of ether oxygens (including phenoxy) is 1. The predicted octanol–water partition coefficient (Wildman–Crippen LogP) is 3.15. The summed E-state index contributed by atoms with van der Waals surface area (Å²) in [4.78, 5) is 14.4. The molecular formula is C23H29ClN6O. The lowest BCUT2D eigenvalue weighted by molar-refractivity contribution is 0.122. The van der Waals surface area contributed by atoms with Crippen LogP contribution < -0.4 is 20.4 Å². The number of pyridine rings is 1. The fourth-order valence-corrected chi connectivity index (χ4v) is 4.99. The molecule has 7 nitrogen and oxygen atoms in total. The van der Waals surface area contributed by atoms with E-state index in [1.54, 1.807) is 0 Å². The van der Waals surface area contributed by atoms with Crippen LogP contribution in [0.2, 0.25) is 5.02 Å². The number of hydrogen-bond acceptors (Lipinski definition) is 6. The van der Waals surface area contributed by atoms with E-state index in [0.717, 1.165) is 85.8 Å². The number of aliphatic imine (C=N–C) groups is 1. The van der Waals surface area contributed by atoms with Crippen molar-refractivity contribution in [3.63, 3.8) is 0 Å². The molecule has 0 unspecified atom stereocenters. The first-order valence-corrected chi connectivity index (χ1v) is 11.4. The lowest BCUT2D eigenvalue weighted by Gasteiger charge is -2.47. The average Bonchev–Trinajstić information content (AvgIpc) is 2.80. The van der Waals surface area contributed by atoms with Crippen molar-refractivity contribution in [3.05, 3.63) is 47.1 Å². The van der Waals surface area contributed by atoms with Gasteiger partial charge in [-0.05, 0) is 43.6 Å². The van der Waals surface area contributed by atoms with E-state index in [1.165, 1.54) is 0 Å². The van der Waals surface area contributed by atoms with Crippen molar-refractivity contribution in [2.24, 2.45) is 4.99 Å². The summed E-state index contributed by atoms with van der Waals surface area (Å²) < 4.78 is 5.50. The zero-order valence-corrected chi connectivity index (χ0v) is 18.7. The quantitative estimate of drug-likeness (QED) is 0.764. The lowest BCUT2D eigenvalue weighted by Crippen LogP contribution is -2.60. The third kappa shape index (κ3) is 4.10. The smallest absolute Gasteiger partial charge is 0.130 e. The third-order valence-corrected chi connectivity index (χ3v) is 6.68. The highest BCUT2D eigenvalue weighted by Crippen LogP contribution is 2.40. The Morgan fingerprint density at radius 3 is 2.77 bits per heavy atom. The largest absolute Gasteiger partial charge is 0.378 e. The highest BCUT2D eigenvalue weighted by atomic mass is 35.5. The van der Waals surface area contributed by atoms with Crippen molar-refractivity contribution in [1.82, 2.24) is 10.3 Å². The highest BCUT2D eigenvalue weighted by Gasteiger charge is 2.43. The Balaban J connectivity index is 1.49. The van der Waals surface area contributed by atoms with Crippen molar-refractivity contribution in [3.8, 4) is 0 Å². The molecule has 0 aliphatic carbocycles. The molecule has 2 aromatic rings. The number of amidine groups is 1. The van der Waals surface area contributed by atoms with E-state index in [1.807, 2.05) is 24.4 Å². The molecule has 2 N–H and O–H groups in total. The van der Waals surface area contributed by atoms with Crippen LogP contribution in [0.25, 0.3) is 0 Å². The SMILES string of the molecule is CN1/C(=N/Cc2cccc(Cl)c2)C2(CCNCC2)Nc2cc(N3CCOCC3)ncc21. The van der Waals surface area contributed by atoms with Crippen LogP contribution in [-0.2, 0) is 11.3 Å². The Morgan fingerprint density at radius 2 is 2.00 bits per heavy atom. The molecule has 1 aromatic carbocycles. The predicted molar refractivity (Wildman–Crippen MR) is 127 cm³/mol. The second kappa shape index (κ2) is 8.65. The molecule has 0 radical (unpaired) electrons.